The molecule has 84 valence electrons. The van der Waals surface area contributed by atoms with E-state index in [0.717, 1.165) is 22.3 Å². The lowest BCUT2D eigenvalue weighted by molar-refractivity contribution is 0.279. The van der Waals surface area contributed by atoms with Crippen LogP contribution in [0.4, 0.5) is 0 Å². The van der Waals surface area contributed by atoms with Crippen LogP contribution in [0.25, 0.3) is 0 Å². The lowest BCUT2D eigenvalue weighted by atomic mass is 10.2. The minimum atomic E-state index is 0.101. The summed E-state index contributed by atoms with van der Waals surface area (Å²) in [5.41, 5.74) is 0.994. The number of nitrogens with zero attached hydrogens (tertiary/aromatic N) is 1. The van der Waals surface area contributed by atoms with Crippen molar-refractivity contribution in [3.63, 3.8) is 0 Å². The third-order valence-electron chi connectivity index (χ3n) is 1.99. The predicted octanol–water partition coefficient (Wildman–Crippen LogP) is 2.60. The predicted molar refractivity (Wildman–Crippen MR) is 69.3 cm³/mol. The van der Waals surface area contributed by atoms with Gasteiger partial charge in [-0.1, -0.05) is 15.9 Å². The molecule has 2 nitrogen and oxygen atoms in total. The van der Waals surface area contributed by atoms with Gasteiger partial charge in [0.15, 0.2) is 0 Å². The first-order valence-electron chi connectivity index (χ1n) is 4.80. The van der Waals surface area contributed by atoms with Gasteiger partial charge in [-0.3, -0.25) is 0 Å². The van der Waals surface area contributed by atoms with E-state index in [-0.39, 0.29) is 6.61 Å². The number of aliphatic hydroxyl groups excluding tert-OH is 1. The van der Waals surface area contributed by atoms with Crippen LogP contribution in [0.15, 0.2) is 27.6 Å². The molecular weight excluding hydrogens is 274 g/mol. The largest absolute Gasteiger partial charge is 0.392 e. The highest BCUT2D eigenvalue weighted by atomic mass is 79.9. The first kappa shape index (κ1) is 13.0. The molecular formula is C11H16BrNOS. The Bertz CT molecular complexity index is 317. The van der Waals surface area contributed by atoms with Crippen LogP contribution < -0.4 is 0 Å². The molecule has 1 N–H and O–H groups in total. The van der Waals surface area contributed by atoms with E-state index in [4.69, 9.17) is 0 Å². The number of aliphatic hydroxyl groups is 1. The van der Waals surface area contributed by atoms with E-state index in [1.807, 2.05) is 12.1 Å². The molecule has 1 aromatic rings. The standard InChI is InChI=1S/C11H16BrNOS/c1-13(2)5-6-15-11-4-3-10(12)7-9(11)8-14/h3-4,7,14H,5-6,8H2,1-2H3. The van der Waals surface area contributed by atoms with Gasteiger partial charge in [0.1, 0.15) is 0 Å². The molecule has 0 saturated heterocycles. The fourth-order valence-electron chi connectivity index (χ4n) is 1.15. The van der Waals surface area contributed by atoms with Crippen LogP contribution in [0.3, 0.4) is 0 Å². The van der Waals surface area contributed by atoms with Gasteiger partial charge >= 0.3 is 0 Å². The second-order valence-electron chi connectivity index (χ2n) is 3.56. The van der Waals surface area contributed by atoms with Gasteiger partial charge in [0.25, 0.3) is 0 Å². The monoisotopic (exact) mass is 289 g/mol. The van der Waals surface area contributed by atoms with Crippen molar-refractivity contribution >= 4 is 27.7 Å². The van der Waals surface area contributed by atoms with Crippen molar-refractivity contribution in [1.29, 1.82) is 0 Å². The number of hydrogen-bond acceptors (Lipinski definition) is 3. The zero-order valence-electron chi connectivity index (χ0n) is 9.03. The number of thioether (sulfide) groups is 1. The molecule has 1 aromatic carbocycles. The Hall–Kier alpha value is -0.0300. The molecule has 0 heterocycles. The average molecular weight is 290 g/mol. The first-order chi connectivity index (χ1) is 7.13. The zero-order valence-corrected chi connectivity index (χ0v) is 11.4. The van der Waals surface area contributed by atoms with Crippen LogP contribution in [0, 0.1) is 0 Å². The van der Waals surface area contributed by atoms with E-state index in [1.54, 1.807) is 11.8 Å². The number of benzene rings is 1. The van der Waals surface area contributed by atoms with Gasteiger partial charge in [0, 0.05) is 21.7 Å². The normalized spacial score (nSPS) is 11.0. The van der Waals surface area contributed by atoms with Gasteiger partial charge in [-0.15, -0.1) is 11.8 Å². The summed E-state index contributed by atoms with van der Waals surface area (Å²) in [4.78, 5) is 3.33. The molecule has 4 heteroatoms. The molecule has 0 spiro atoms. The molecule has 0 aromatic heterocycles. The van der Waals surface area contributed by atoms with Gasteiger partial charge in [-0.25, -0.2) is 0 Å². The highest BCUT2D eigenvalue weighted by Crippen LogP contribution is 2.25. The maximum Gasteiger partial charge on any atom is 0.0693 e. The molecule has 0 fully saturated rings. The lowest BCUT2D eigenvalue weighted by Gasteiger charge is -2.11. The minimum absolute atomic E-state index is 0.101. The second-order valence-corrected chi connectivity index (χ2v) is 5.61. The Balaban J connectivity index is 2.60. The van der Waals surface area contributed by atoms with Crippen LogP contribution in [0.1, 0.15) is 5.56 Å². The third-order valence-corrected chi connectivity index (χ3v) is 3.58. The summed E-state index contributed by atoms with van der Waals surface area (Å²) < 4.78 is 1.02. The molecule has 1 rings (SSSR count). The maximum atomic E-state index is 9.21. The van der Waals surface area contributed by atoms with E-state index in [0.29, 0.717) is 0 Å². The van der Waals surface area contributed by atoms with Crippen molar-refractivity contribution < 1.29 is 5.11 Å². The van der Waals surface area contributed by atoms with Crippen molar-refractivity contribution in [2.75, 3.05) is 26.4 Å². The molecule has 0 atom stereocenters. The Morgan fingerprint density at radius 1 is 1.40 bits per heavy atom. The van der Waals surface area contributed by atoms with E-state index in [9.17, 15) is 5.11 Å². The van der Waals surface area contributed by atoms with E-state index in [2.05, 4.69) is 41.0 Å². The topological polar surface area (TPSA) is 23.5 Å². The summed E-state index contributed by atoms with van der Waals surface area (Å²) in [5, 5.41) is 9.21. The van der Waals surface area contributed by atoms with E-state index in [1.165, 1.54) is 4.90 Å². The molecule has 0 unspecified atom stereocenters. The molecule has 0 radical (unpaired) electrons. The third kappa shape index (κ3) is 4.55. The highest BCUT2D eigenvalue weighted by Gasteiger charge is 2.03. The SMILES string of the molecule is CN(C)CCSc1ccc(Br)cc1CO. The second kappa shape index (κ2) is 6.53. The van der Waals surface area contributed by atoms with Crippen molar-refractivity contribution in [2.24, 2.45) is 0 Å². The summed E-state index contributed by atoms with van der Waals surface area (Å²) in [6.07, 6.45) is 0. The summed E-state index contributed by atoms with van der Waals surface area (Å²) >= 11 is 5.19. The Labute approximate surface area is 104 Å². The fourth-order valence-corrected chi connectivity index (χ4v) is 2.71. The summed E-state index contributed by atoms with van der Waals surface area (Å²) in [7, 11) is 4.13. The molecule has 15 heavy (non-hydrogen) atoms. The van der Waals surface area contributed by atoms with Crippen LogP contribution >= 0.6 is 27.7 Å². The van der Waals surface area contributed by atoms with Crippen LogP contribution in [-0.2, 0) is 6.61 Å². The fraction of sp³-hybridized carbons (Fsp3) is 0.455. The van der Waals surface area contributed by atoms with Crippen LogP contribution in [0.2, 0.25) is 0 Å². The van der Waals surface area contributed by atoms with Gasteiger partial charge in [0.05, 0.1) is 6.61 Å². The van der Waals surface area contributed by atoms with E-state index >= 15 is 0 Å². The molecule has 0 bridgehead atoms. The number of rotatable bonds is 5. The van der Waals surface area contributed by atoms with Crippen LogP contribution in [0.5, 0.6) is 0 Å². The van der Waals surface area contributed by atoms with Gasteiger partial charge in [-0.2, -0.15) is 0 Å². The van der Waals surface area contributed by atoms with Gasteiger partial charge < -0.3 is 10.0 Å². The molecule has 0 aliphatic carbocycles. The lowest BCUT2D eigenvalue weighted by Crippen LogP contribution is -2.14. The highest BCUT2D eigenvalue weighted by molar-refractivity contribution is 9.10. The number of halogens is 1. The van der Waals surface area contributed by atoms with Crippen molar-refractivity contribution in [2.45, 2.75) is 11.5 Å². The van der Waals surface area contributed by atoms with Crippen molar-refractivity contribution in [3.8, 4) is 0 Å². The van der Waals surface area contributed by atoms with Crippen molar-refractivity contribution in [1.82, 2.24) is 4.90 Å². The molecule has 0 aliphatic rings. The van der Waals surface area contributed by atoms with Gasteiger partial charge in [0.2, 0.25) is 0 Å². The van der Waals surface area contributed by atoms with E-state index < -0.39 is 0 Å². The van der Waals surface area contributed by atoms with Crippen molar-refractivity contribution in [3.05, 3.63) is 28.2 Å². The zero-order chi connectivity index (χ0) is 11.3. The smallest absolute Gasteiger partial charge is 0.0693 e. The summed E-state index contributed by atoms with van der Waals surface area (Å²) in [6, 6.07) is 6.03. The number of hydrogen-bond donors (Lipinski definition) is 1. The van der Waals surface area contributed by atoms with Gasteiger partial charge in [-0.05, 0) is 37.9 Å². The average Bonchev–Trinajstić information content (AvgIpc) is 2.19. The van der Waals surface area contributed by atoms with Crippen LogP contribution in [-0.4, -0.2) is 36.4 Å². The Morgan fingerprint density at radius 2 is 2.13 bits per heavy atom. The molecule has 0 amide bonds. The first-order valence-corrected chi connectivity index (χ1v) is 6.58. The molecule has 0 aliphatic heterocycles. The minimum Gasteiger partial charge on any atom is -0.392 e. The molecule has 0 saturated carbocycles. The quantitative estimate of drug-likeness (QED) is 0.843. The summed E-state index contributed by atoms with van der Waals surface area (Å²) in [5.74, 6) is 1.04. The Kier molecular flexibility index (Phi) is 5.68. The summed E-state index contributed by atoms with van der Waals surface area (Å²) in [6.45, 7) is 1.15. The maximum absolute atomic E-state index is 9.21. The Morgan fingerprint density at radius 3 is 2.73 bits per heavy atom.